The molecule has 3 rings (SSSR count). The topological polar surface area (TPSA) is 38.0 Å². The SMILES string of the molecule is CCc1nn(C)cc1-c1ccc2cc(O)ccc2c1. The summed E-state index contributed by atoms with van der Waals surface area (Å²) >= 11 is 0. The smallest absolute Gasteiger partial charge is 0.116 e. The lowest BCUT2D eigenvalue weighted by molar-refractivity contribution is 0.476. The fourth-order valence-electron chi connectivity index (χ4n) is 2.44. The summed E-state index contributed by atoms with van der Waals surface area (Å²) in [5.74, 6) is 0.302. The molecule has 0 aliphatic heterocycles. The van der Waals surface area contributed by atoms with Gasteiger partial charge >= 0.3 is 0 Å². The number of hydrogen-bond acceptors (Lipinski definition) is 2. The van der Waals surface area contributed by atoms with Crippen LogP contribution in [0.15, 0.2) is 42.6 Å². The van der Waals surface area contributed by atoms with E-state index < -0.39 is 0 Å². The summed E-state index contributed by atoms with van der Waals surface area (Å²) in [5.41, 5.74) is 3.46. The first kappa shape index (κ1) is 11.8. The molecule has 0 radical (unpaired) electrons. The van der Waals surface area contributed by atoms with Crippen LogP contribution in [-0.2, 0) is 13.5 Å². The molecule has 0 atom stereocenters. The van der Waals surface area contributed by atoms with Crippen molar-refractivity contribution in [3.63, 3.8) is 0 Å². The Morgan fingerprint density at radius 2 is 1.84 bits per heavy atom. The number of rotatable bonds is 2. The van der Waals surface area contributed by atoms with Crippen LogP contribution < -0.4 is 0 Å². The summed E-state index contributed by atoms with van der Waals surface area (Å²) < 4.78 is 1.86. The Bertz CT molecular complexity index is 744. The summed E-state index contributed by atoms with van der Waals surface area (Å²) in [7, 11) is 1.95. The minimum Gasteiger partial charge on any atom is -0.508 e. The van der Waals surface area contributed by atoms with Crippen molar-refractivity contribution in [2.45, 2.75) is 13.3 Å². The lowest BCUT2D eigenvalue weighted by Crippen LogP contribution is -1.89. The fraction of sp³-hybridized carbons (Fsp3) is 0.188. The van der Waals surface area contributed by atoms with Crippen LogP contribution in [0.5, 0.6) is 5.75 Å². The second-order valence-electron chi connectivity index (χ2n) is 4.76. The molecule has 3 nitrogen and oxygen atoms in total. The molecule has 1 aromatic heterocycles. The maximum Gasteiger partial charge on any atom is 0.116 e. The van der Waals surface area contributed by atoms with Crippen molar-refractivity contribution in [1.82, 2.24) is 9.78 Å². The molecule has 0 aliphatic carbocycles. The van der Waals surface area contributed by atoms with Gasteiger partial charge in [-0.25, -0.2) is 0 Å². The van der Waals surface area contributed by atoms with E-state index >= 15 is 0 Å². The molecule has 0 saturated carbocycles. The van der Waals surface area contributed by atoms with Crippen molar-refractivity contribution in [2.24, 2.45) is 7.05 Å². The molecule has 0 unspecified atom stereocenters. The standard InChI is InChI=1S/C16H16N2O/c1-3-16-15(10-18(2)17-16)13-5-4-12-9-14(19)7-6-11(12)8-13/h4-10,19H,3H2,1-2H3. The van der Waals surface area contributed by atoms with E-state index in [0.29, 0.717) is 5.75 Å². The summed E-state index contributed by atoms with van der Waals surface area (Å²) in [6.07, 6.45) is 2.98. The number of phenolic OH excluding ortho intramolecular Hbond substituents is 1. The van der Waals surface area contributed by atoms with Crippen molar-refractivity contribution in [1.29, 1.82) is 0 Å². The first-order valence-corrected chi connectivity index (χ1v) is 6.43. The van der Waals surface area contributed by atoms with Crippen molar-refractivity contribution < 1.29 is 5.11 Å². The molecule has 1 heterocycles. The monoisotopic (exact) mass is 252 g/mol. The lowest BCUT2D eigenvalue weighted by atomic mass is 10.0. The highest BCUT2D eigenvalue weighted by molar-refractivity contribution is 5.88. The molecule has 3 aromatic rings. The van der Waals surface area contributed by atoms with Gasteiger partial charge in [-0.15, -0.1) is 0 Å². The molecule has 0 bridgehead atoms. The number of aryl methyl sites for hydroxylation is 2. The zero-order chi connectivity index (χ0) is 13.4. The van der Waals surface area contributed by atoms with E-state index in [1.807, 2.05) is 23.9 Å². The third-order valence-electron chi connectivity index (χ3n) is 3.38. The van der Waals surface area contributed by atoms with Crippen molar-refractivity contribution in [2.75, 3.05) is 0 Å². The maximum absolute atomic E-state index is 9.49. The molecule has 1 N–H and O–H groups in total. The van der Waals surface area contributed by atoms with Crippen molar-refractivity contribution in [3.05, 3.63) is 48.3 Å². The van der Waals surface area contributed by atoms with E-state index in [2.05, 4.69) is 30.4 Å². The Kier molecular flexibility index (Phi) is 2.75. The molecule has 0 spiro atoms. The van der Waals surface area contributed by atoms with Gasteiger partial charge in [0.15, 0.2) is 0 Å². The highest BCUT2D eigenvalue weighted by Crippen LogP contribution is 2.28. The van der Waals surface area contributed by atoms with Crippen LogP contribution in [0, 0.1) is 0 Å². The molecular weight excluding hydrogens is 236 g/mol. The Morgan fingerprint density at radius 1 is 1.11 bits per heavy atom. The summed E-state index contributed by atoms with van der Waals surface area (Å²) in [6, 6.07) is 11.7. The molecule has 2 aromatic carbocycles. The first-order chi connectivity index (χ1) is 9.17. The lowest BCUT2D eigenvalue weighted by Gasteiger charge is -2.04. The zero-order valence-corrected chi connectivity index (χ0v) is 11.1. The van der Waals surface area contributed by atoms with Crippen LogP contribution in [0.3, 0.4) is 0 Å². The second-order valence-corrected chi connectivity index (χ2v) is 4.76. The molecule has 0 amide bonds. The van der Waals surface area contributed by atoms with Gasteiger partial charge in [0.1, 0.15) is 5.75 Å². The van der Waals surface area contributed by atoms with Gasteiger partial charge in [0.05, 0.1) is 5.69 Å². The highest BCUT2D eigenvalue weighted by atomic mass is 16.3. The normalized spacial score (nSPS) is 11.1. The van der Waals surface area contributed by atoms with E-state index in [9.17, 15) is 5.11 Å². The average Bonchev–Trinajstić information content (AvgIpc) is 2.79. The number of fused-ring (bicyclic) bond motifs is 1. The Morgan fingerprint density at radius 3 is 2.63 bits per heavy atom. The van der Waals surface area contributed by atoms with Gasteiger partial charge < -0.3 is 5.11 Å². The van der Waals surface area contributed by atoms with E-state index in [1.54, 1.807) is 12.1 Å². The minimum absolute atomic E-state index is 0.302. The van der Waals surface area contributed by atoms with Crippen LogP contribution in [0.25, 0.3) is 21.9 Å². The number of aromatic hydroxyl groups is 1. The molecule has 19 heavy (non-hydrogen) atoms. The summed E-state index contributed by atoms with van der Waals surface area (Å²) in [5, 5.41) is 16.1. The quantitative estimate of drug-likeness (QED) is 0.758. The first-order valence-electron chi connectivity index (χ1n) is 6.43. The van der Waals surface area contributed by atoms with Crippen LogP contribution in [0.1, 0.15) is 12.6 Å². The average molecular weight is 252 g/mol. The largest absolute Gasteiger partial charge is 0.508 e. The fourth-order valence-corrected chi connectivity index (χ4v) is 2.44. The molecule has 0 saturated heterocycles. The van der Waals surface area contributed by atoms with Crippen LogP contribution in [0.2, 0.25) is 0 Å². The Balaban J connectivity index is 2.17. The maximum atomic E-state index is 9.49. The van der Waals surface area contributed by atoms with Gasteiger partial charge in [-0.3, -0.25) is 4.68 Å². The third-order valence-corrected chi connectivity index (χ3v) is 3.38. The Labute approximate surface area is 112 Å². The number of phenols is 1. The van der Waals surface area contributed by atoms with Crippen LogP contribution in [-0.4, -0.2) is 14.9 Å². The number of benzene rings is 2. The number of hydrogen-bond donors (Lipinski definition) is 1. The second kappa shape index (κ2) is 4.43. The summed E-state index contributed by atoms with van der Waals surface area (Å²) in [4.78, 5) is 0. The summed E-state index contributed by atoms with van der Waals surface area (Å²) in [6.45, 7) is 2.12. The van der Waals surface area contributed by atoms with Gasteiger partial charge in [0.25, 0.3) is 0 Å². The number of aromatic nitrogens is 2. The molecule has 0 fully saturated rings. The van der Waals surface area contributed by atoms with Gasteiger partial charge in [-0.2, -0.15) is 5.10 Å². The van der Waals surface area contributed by atoms with Gasteiger partial charge in [-0.05, 0) is 41.0 Å². The predicted molar refractivity (Wildman–Crippen MR) is 77.2 cm³/mol. The van der Waals surface area contributed by atoms with Crippen molar-refractivity contribution >= 4 is 10.8 Å². The van der Waals surface area contributed by atoms with E-state index in [-0.39, 0.29) is 0 Å². The van der Waals surface area contributed by atoms with Gasteiger partial charge in [-0.1, -0.05) is 25.1 Å². The van der Waals surface area contributed by atoms with E-state index in [0.717, 1.165) is 22.9 Å². The molecule has 3 heteroatoms. The van der Waals surface area contributed by atoms with E-state index in [4.69, 9.17) is 0 Å². The van der Waals surface area contributed by atoms with E-state index in [1.165, 1.54) is 11.1 Å². The zero-order valence-electron chi connectivity index (χ0n) is 11.1. The van der Waals surface area contributed by atoms with Crippen molar-refractivity contribution in [3.8, 4) is 16.9 Å². The molecule has 96 valence electrons. The van der Waals surface area contributed by atoms with Gasteiger partial charge in [0.2, 0.25) is 0 Å². The molecular formula is C16H16N2O. The minimum atomic E-state index is 0.302. The number of nitrogens with zero attached hydrogens (tertiary/aromatic N) is 2. The highest BCUT2D eigenvalue weighted by Gasteiger charge is 2.08. The van der Waals surface area contributed by atoms with Gasteiger partial charge in [0, 0.05) is 18.8 Å². The molecule has 0 aliphatic rings. The van der Waals surface area contributed by atoms with Crippen LogP contribution >= 0.6 is 0 Å². The third kappa shape index (κ3) is 2.08. The predicted octanol–water partition coefficient (Wildman–Crippen LogP) is 3.51. The van der Waals surface area contributed by atoms with Crippen LogP contribution in [0.4, 0.5) is 0 Å². The Hall–Kier alpha value is -2.29.